The van der Waals surface area contributed by atoms with Crippen molar-refractivity contribution in [1.29, 1.82) is 0 Å². The predicted octanol–water partition coefficient (Wildman–Crippen LogP) is 1.69. The molecule has 1 unspecified atom stereocenters. The average Bonchev–Trinajstić information content (AvgIpc) is 2.33. The van der Waals surface area contributed by atoms with E-state index in [9.17, 15) is 5.11 Å². The maximum atomic E-state index is 9.57. The number of aliphatic hydroxyl groups is 1. The summed E-state index contributed by atoms with van der Waals surface area (Å²) >= 11 is 0. The topological polar surface area (TPSA) is 49.2 Å². The minimum atomic E-state index is -0.192. The monoisotopic (exact) mass is 235 g/mol. The van der Waals surface area contributed by atoms with Gasteiger partial charge in [0, 0.05) is 13.1 Å². The highest BCUT2D eigenvalue weighted by Gasteiger charge is 2.23. The molecule has 4 nitrogen and oxygen atoms in total. The van der Waals surface area contributed by atoms with E-state index in [0.717, 1.165) is 43.1 Å². The molecule has 1 saturated heterocycles. The highest BCUT2D eigenvalue weighted by Crippen LogP contribution is 2.24. The Bertz CT molecular complexity index is 384. The summed E-state index contributed by atoms with van der Waals surface area (Å²) in [5.74, 6) is 1.41. The molecule has 1 fully saturated rings. The molecule has 0 bridgehead atoms. The van der Waals surface area contributed by atoms with Crippen LogP contribution in [0.3, 0.4) is 0 Å². The van der Waals surface area contributed by atoms with Gasteiger partial charge in [-0.1, -0.05) is 0 Å². The van der Waals surface area contributed by atoms with Gasteiger partial charge in [0.05, 0.1) is 23.7 Å². The fourth-order valence-corrected chi connectivity index (χ4v) is 2.29. The molecule has 1 aliphatic rings. The Morgan fingerprint density at radius 3 is 2.47 bits per heavy atom. The fourth-order valence-electron chi connectivity index (χ4n) is 2.29. The lowest BCUT2D eigenvalue weighted by Crippen LogP contribution is -2.37. The van der Waals surface area contributed by atoms with Gasteiger partial charge in [-0.05, 0) is 39.5 Å². The molecule has 0 aliphatic carbocycles. The first-order chi connectivity index (χ1) is 8.08. The molecular formula is C13H21N3O. The Balaban J connectivity index is 2.03. The summed E-state index contributed by atoms with van der Waals surface area (Å²) in [5, 5.41) is 9.57. The molecule has 2 heterocycles. The Morgan fingerprint density at radius 1 is 1.29 bits per heavy atom. The first-order valence-electron chi connectivity index (χ1n) is 6.31. The van der Waals surface area contributed by atoms with Gasteiger partial charge in [0.2, 0.25) is 0 Å². The smallest absolute Gasteiger partial charge is 0.147 e. The Labute approximate surface area is 103 Å². The van der Waals surface area contributed by atoms with Gasteiger partial charge in [-0.3, -0.25) is 4.98 Å². The van der Waals surface area contributed by atoms with Crippen LogP contribution >= 0.6 is 0 Å². The highest BCUT2D eigenvalue weighted by atomic mass is 16.3. The van der Waals surface area contributed by atoms with Crippen molar-refractivity contribution in [2.24, 2.45) is 5.92 Å². The molecule has 0 radical (unpaired) electrons. The quantitative estimate of drug-likeness (QED) is 0.847. The minimum absolute atomic E-state index is 0.192. The van der Waals surface area contributed by atoms with Crippen molar-refractivity contribution in [3.8, 4) is 0 Å². The van der Waals surface area contributed by atoms with Crippen LogP contribution in [-0.4, -0.2) is 34.3 Å². The van der Waals surface area contributed by atoms with Crippen LogP contribution in [0.25, 0.3) is 0 Å². The number of aryl methyl sites for hydroxylation is 2. The van der Waals surface area contributed by atoms with Crippen LogP contribution < -0.4 is 4.90 Å². The third-order valence-electron chi connectivity index (χ3n) is 3.73. The van der Waals surface area contributed by atoms with Gasteiger partial charge >= 0.3 is 0 Å². The molecule has 1 atom stereocenters. The van der Waals surface area contributed by atoms with Gasteiger partial charge in [-0.2, -0.15) is 0 Å². The molecule has 1 N–H and O–H groups in total. The number of piperidine rings is 1. The first-order valence-corrected chi connectivity index (χ1v) is 6.31. The van der Waals surface area contributed by atoms with E-state index in [2.05, 4.69) is 14.9 Å². The van der Waals surface area contributed by atoms with Gasteiger partial charge in [0.25, 0.3) is 0 Å². The van der Waals surface area contributed by atoms with Gasteiger partial charge < -0.3 is 10.0 Å². The zero-order chi connectivity index (χ0) is 12.4. The van der Waals surface area contributed by atoms with Crippen molar-refractivity contribution in [3.63, 3.8) is 0 Å². The number of nitrogens with zero attached hydrogens (tertiary/aromatic N) is 3. The minimum Gasteiger partial charge on any atom is -0.393 e. The number of anilines is 1. The number of hydrogen-bond donors (Lipinski definition) is 1. The molecule has 1 aromatic rings. The first kappa shape index (κ1) is 12.3. The zero-order valence-electron chi connectivity index (χ0n) is 10.8. The van der Waals surface area contributed by atoms with Crippen LogP contribution in [0.5, 0.6) is 0 Å². The average molecular weight is 235 g/mol. The number of hydrogen-bond acceptors (Lipinski definition) is 4. The molecule has 0 spiro atoms. The second-order valence-corrected chi connectivity index (χ2v) is 4.96. The van der Waals surface area contributed by atoms with Gasteiger partial charge in [0.1, 0.15) is 5.82 Å². The SMILES string of the molecule is Cc1ncc(N2CCC(C(C)O)CC2)nc1C. The number of aromatic nitrogens is 2. The summed E-state index contributed by atoms with van der Waals surface area (Å²) in [6.45, 7) is 7.79. The molecule has 0 amide bonds. The summed E-state index contributed by atoms with van der Waals surface area (Å²) in [5.41, 5.74) is 1.99. The maximum Gasteiger partial charge on any atom is 0.147 e. The second kappa shape index (κ2) is 5.00. The van der Waals surface area contributed by atoms with Crippen LogP contribution in [0.2, 0.25) is 0 Å². The largest absolute Gasteiger partial charge is 0.393 e. The van der Waals surface area contributed by atoms with Crippen LogP contribution in [0.15, 0.2) is 6.20 Å². The Kier molecular flexibility index (Phi) is 3.62. The van der Waals surface area contributed by atoms with E-state index < -0.39 is 0 Å². The van der Waals surface area contributed by atoms with Gasteiger partial charge in [-0.25, -0.2) is 4.98 Å². The summed E-state index contributed by atoms with van der Waals surface area (Å²) in [4.78, 5) is 11.2. The Morgan fingerprint density at radius 2 is 1.94 bits per heavy atom. The third-order valence-corrected chi connectivity index (χ3v) is 3.73. The van der Waals surface area contributed by atoms with E-state index in [1.165, 1.54) is 0 Å². The normalized spacial score (nSPS) is 19.4. The van der Waals surface area contributed by atoms with Gasteiger partial charge in [0.15, 0.2) is 0 Å². The van der Waals surface area contributed by atoms with Crippen molar-refractivity contribution in [3.05, 3.63) is 17.6 Å². The van der Waals surface area contributed by atoms with E-state index in [0.29, 0.717) is 5.92 Å². The molecule has 17 heavy (non-hydrogen) atoms. The Hall–Kier alpha value is -1.16. The zero-order valence-corrected chi connectivity index (χ0v) is 10.8. The number of rotatable bonds is 2. The predicted molar refractivity (Wildman–Crippen MR) is 68.1 cm³/mol. The maximum absolute atomic E-state index is 9.57. The van der Waals surface area contributed by atoms with Crippen molar-refractivity contribution in [2.45, 2.75) is 39.7 Å². The molecule has 0 saturated carbocycles. The molecule has 4 heteroatoms. The van der Waals surface area contributed by atoms with Crippen molar-refractivity contribution >= 4 is 5.82 Å². The highest BCUT2D eigenvalue weighted by molar-refractivity contribution is 5.37. The van der Waals surface area contributed by atoms with E-state index >= 15 is 0 Å². The number of aliphatic hydroxyl groups excluding tert-OH is 1. The molecule has 2 rings (SSSR count). The second-order valence-electron chi connectivity index (χ2n) is 4.96. The van der Waals surface area contributed by atoms with E-state index in [4.69, 9.17) is 0 Å². The lowest BCUT2D eigenvalue weighted by Gasteiger charge is -2.34. The molecule has 1 aliphatic heterocycles. The lowest BCUT2D eigenvalue weighted by atomic mass is 9.92. The van der Waals surface area contributed by atoms with E-state index in [1.54, 1.807) is 0 Å². The van der Waals surface area contributed by atoms with Crippen LogP contribution in [-0.2, 0) is 0 Å². The molecule has 94 valence electrons. The van der Waals surface area contributed by atoms with Crippen LogP contribution in [0.1, 0.15) is 31.2 Å². The van der Waals surface area contributed by atoms with Crippen LogP contribution in [0.4, 0.5) is 5.82 Å². The van der Waals surface area contributed by atoms with Crippen molar-refractivity contribution < 1.29 is 5.11 Å². The van der Waals surface area contributed by atoms with Crippen LogP contribution in [0, 0.1) is 19.8 Å². The standard InChI is InChI=1S/C13H21N3O/c1-9-10(2)15-13(8-14-9)16-6-4-12(5-7-16)11(3)17/h8,11-12,17H,4-7H2,1-3H3. The summed E-state index contributed by atoms with van der Waals surface area (Å²) < 4.78 is 0. The summed E-state index contributed by atoms with van der Waals surface area (Å²) in [6, 6.07) is 0. The third kappa shape index (κ3) is 2.75. The fraction of sp³-hybridized carbons (Fsp3) is 0.692. The molecular weight excluding hydrogens is 214 g/mol. The van der Waals surface area contributed by atoms with E-state index in [-0.39, 0.29) is 6.10 Å². The summed E-state index contributed by atoms with van der Waals surface area (Å²) in [6.07, 6.45) is 3.73. The van der Waals surface area contributed by atoms with Crippen molar-refractivity contribution in [2.75, 3.05) is 18.0 Å². The van der Waals surface area contributed by atoms with Gasteiger partial charge in [-0.15, -0.1) is 0 Å². The molecule has 0 aromatic carbocycles. The molecule has 1 aromatic heterocycles. The van der Waals surface area contributed by atoms with E-state index in [1.807, 2.05) is 27.0 Å². The lowest BCUT2D eigenvalue weighted by molar-refractivity contribution is 0.110. The van der Waals surface area contributed by atoms with Crippen molar-refractivity contribution in [1.82, 2.24) is 9.97 Å². The summed E-state index contributed by atoms with van der Waals surface area (Å²) in [7, 11) is 0.